The first-order valence-corrected chi connectivity index (χ1v) is 11.9. The summed E-state index contributed by atoms with van der Waals surface area (Å²) in [6.07, 6.45) is -3.73. The Labute approximate surface area is 224 Å². The average molecular weight is 540 g/mol. The van der Waals surface area contributed by atoms with Gasteiger partial charge in [-0.1, -0.05) is 30.9 Å². The minimum absolute atomic E-state index is 0.150. The minimum atomic E-state index is -4.77. The van der Waals surface area contributed by atoms with Gasteiger partial charge in [0.2, 0.25) is 5.91 Å². The molecule has 0 unspecified atom stereocenters. The van der Waals surface area contributed by atoms with Crippen LogP contribution < -0.4 is 10.6 Å². The Balaban J connectivity index is 1.87. The van der Waals surface area contributed by atoms with Crippen LogP contribution in [0, 0.1) is 6.92 Å². The van der Waals surface area contributed by atoms with Gasteiger partial charge in [0.25, 0.3) is 0 Å². The Hall–Kier alpha value is -4.47. The first-order chi connectivity index (χ1) is 18.2. The molecule has 0 bridgehead atoms. The highest BCUT2D eigenvalue weighted by Gasteiger charge is 2.34. The van der Waals surface area contributed by atoms with Crippen molar-refractivity contribution in [3.8, 4) is 11.1 Å². The van der Waals surface area contributed by atoms with Gasteiger partial charge in [0.1, 0.15) is 5.60 Å². The molecule has 2 amide bonds. The molecule has 0 radical (unpaired) electrons. The summed E-state index contributed by atoms with van der Waals surface area (Å²) >= 11 is 0. The largest absolute Gasteiger partial charge is 0.444 e. The van der Waals surface area contributed by atoms with Crippen molar-refractivity contribution in [3.63, 3.8) is 0 Å². The maximum atomic E-state index is 13.7. The molecule has 0 atom stereocenters. The number of halogens is 3. The smallest absolute Gasteiger partial charge is 0.417 e. The quantitative estimate of drug-likeness (QED) is 0.243. The number of ketones is 1. The number of aryl methyl sites for hydroxylation is 1. The highest BCUT2D eigenvalue weighted by atomic mass is 19.4. The van der Waals surface area contributed by atoms with Crippen LogP contribution in [-0.2, 0) is 15.7 Å². The first kappa shape index (κ1) is 29.1. The molecule has 3 aromatic rings. The second-order valence-electron chi connectivity index (χ2n) is 9.73. The molecule has 0 fully saturated rings. The van der Waals surface area contributed by atoms with Gasteiger partial charge in [-0.15, -0.1) is 0 Å². The van der Waals surface area contributed by atoms with Crippen LogP contribution in [-0.4, -0.2) is 28.4 Å². The predicted octanol–water partition coefficient (Wildman–Crippen LogP) is 7.28. The highest BCUT2D eigenvalue weighted by molar-refractivity contribution is 6.12. The fourth-order valence-corrected chi connectivity index (χ4v) is 3.69. The second-order valence-corrected chi connectivity index (χ2v) is 9.73. The number of nitrogens with one attached hydrogen (secondary N) is 2. The molecule has 0 aliphatic rings. The molecule has 0 aliphatic heterocycles. The Morgan fingerprint density at radius 3 is 2.26 bits per heavy atom. The topological polar surface area (TPSA) is 97.4 Å². The van der Waals surface area contributed by atoms with Crippen molar-refractivity contribution in [1.82, 2.24) is 4.98 Å². The Morgan fingerprint density at radius 1 is 0.974 bits per heavy atom. The second kappa shape index (κ2) is 11.5. The van der Waals surface area contributed by atoms with Gasteiger partial charge < -0.3 is 10.1 Å². The molecule has 10 heteroatoms. The third kappa shape index (κ3) is 8.00. The Kier molecular flexibility index (Phi) is 8.58. The Bertz CT molecular complexity index is 1430. The maximum Gasteiger partial charge on any atom is 0.417 e. The van der Waals surface area contributed by atoms with E-state index >= 15 is 0 Å². The number of alkyl halides is 3. The molecular formula is C29H28F3N3O4. The summed E-state index contributed by atoms with van der Waals surface area (Å²) in [5.74, 6) is -1.41. The summed E-state index contributed by atoms with van der Waals surface area (Å²) in [7, 11) is 0. The lowest BCUT2D eigenvalue weighted by atomic mass is 10.00. The number of hydrogen-bond acceptors (Lipinski definition) is 5. The third-order valence-electron chi connectivity index (χ3n) is 5.36. The van der Waals surface area contributed by atoms with Crippen LogP contribution in [0.3, 0.4) is 0 Å². The van der Waals surface area contributed by atoms with Gasteiger partial charge in [0.15, 0.2) is 5.78 Å². The van der Waals surface area contributed by atoms with Crippen LogP contribution in [0.4, 0.5) is 29.3 Å². The van der Waals surface area contributed by atoms with E-state index in [1.54, 1.807) is 57.3 Å². The van der Waals surface area contributed by atoms with E-state index in [-0.39, 0.29) is 22.5 Å². The highest BCUT2D eigenvalue weighted by Crippen LogP contribution is 2.38. The van der Waals surface area contributed by atoms with Crippen LogP contribution in [0.25, 0.3) is 17.2 Å². The normalized spacial score (nSPS) is 11.5. The zero-order valence-electron chi connectivity index (χ0n) is 21.9. The van der Waals surface area contributed by atoms with Gasteiger partial charge in [-0.05, 0) is 74.7 Å². The molecule has 2 aromatic carbocycles. The number of carbonyl (C=O) groups is 3. The summed E-state index contributed by atoms with van der Waals surface area (Å²) in [5, 5.41) is 4.68. The number of rotatable bonds is 7. The van der Waals surface area contributed by atoms with E-state index in [1.165, 1.54) is 0 Å². The molecule has 0 spiro atoms. The molecule has 39 heavy (non-hydrogen) atoms. The molecular weight excluding hydrogens is 511 g/mol. The maximum absolute atomic E-state index is 13.7. The van der Waals surface area contributed by atoms with Gasteiger partial charge >= 0.3 is 12.3 Å². The van der Waals surface area contributed by atoms with E-state index in [1.807, 2.05) is 13.0 Å². The number of benzene rings is 2. The zero-order valence-corrected chi connectivity index (χ0v) is 21.9. The monoisotopic (exact) mass is 539 g/mol. The average Bonchev–Trinajstić information content (AvgIpc) is 2.83. The fourth-order valence-electron chi connectivity index (χ4n) is 3.69. The zero-order chi connectivity index (χ0) is 29.0. The van der Waals surface area contributed by atoms with Gasteiger partial charge in [0.05, 0.1) is 23.4 Å². The molecule has 1 heterocycles. The van der Waals surface area contributed by atoms with Gasteiger partial charge in [-0.2, -0.15) is 13.2 Å². The third-order valence-corrected chi connectivity index (χ3v) is 5.36. The van der Waals surface area contributed by atoms with Crippen LogP contribution in [0.2, 0.25) is 0 Å². The van der Waals surface area contributed by atoms with E-state index in [9.17, 15) is 27.6 Å². The number of pyridine rings is 1. The van der Waals surface area contributed by atoms with Crippen LogP contribution in [0.5, 0.6) is 0 Å². The first-order valence-electron chi connectivity index (χ1n) is 11.9. The van der Waals surface area contributed by atoms with Gasteiger partial charge in [-0.25, -0.2) is 4.79 Å². The summed E-state index contributed by atoms with van der Waals surface area (Å²) in [6.45, 7) is 10.1. The van der Waals surface area contributed by atoms with E-state index in [2.05, 4.69) is 22.2 Å². The van der Waals surface area contributed by atoms with Crippen LogP contribution in [0.1, 0.15) is 54.4 Å². The number of nitrogens with zero attached hydrogens (tertiary/aromatic N) is 1. The van der Waals surface area contributed by atoms with Crippen molar-refractivity contribution in [2.75, 3.05) is 10.6 Å². The molecule has 2 N–H and O–H groups in total. The number of anilines is 2. The number of Topliss-reactive ketones (excluding diaryl/α,β-unsaturated/α-hetero) is 1. The fraction of sp³-hybridized carbons (Fsp3) is 0.241. The molecule has 0 saturated heterocycles. The lowest BCUT2D eigenvalue weighted by Gasteiger charge is -2.22. The van der Waals surface area contributed by atoms with E-state index in [0.29, 0.717) is 6.07 Å². The molecule has 1 aromatic heterocycles. The van der Waals surface area contributed by atoms with E-state index in [0.717, 1.165) is 29.0 Å². The molecule has 0 aliphatic carbocycles. The summed E-state index contributed by atoms with van der Waals surface area (Å²) in [6, 6.07) is 12.0. The standard InChI is InChI=1S/C29H28F3N3O4/c1-6-18-14-23(35-27(38)39-28(3,4)5)24(15-22(18)29(30,31)32)34-26(37)16-25(36)21-9-7-8-19(13-21)20-10-11-33-17(2)12-20/h6-15H,1,16H2,2-5H3,(H,34,37)(H,35,38). The lowest BCUT2D eigenvalue weighted by Crippen LogP contribution is -2.28. The van der Waals surface area contributed by atoms with Crippen molar-refractivity contribution < 1.29 is 32.3 Å². The number of carbonyl (C=O) groups excluding carboxylic acids is 3. The lowest BCUT2D eigenvalue weighted by molar-refractivity contribution is -0.137. The van der Waals surface area contributed by atoms with Crippen LogP contribution >= 0.6 is 0 Å². The van der Waals surface area contributed by atoms with Crippen LogP contribution in [0.15, 0.2) is 61.3 Å². The van der Waals surface area contributed by atoms with E-state index < -0.39 is 41.5 Å². The molecule has 7 nitrogen and oxygen atoms in total. The predicted molar refractivity (Wildman–Crippen MR) is 143 cm³/mol. The number of ether oxygens (including phenoxy) is 1. The van der Waals surface area contributed by atoms with Gasteiger partial charge in [0, 0.05) is 17.5 Å². The summed E-state index contributed by atoms with van der Waals surface area (Å²) in [5.41, 5.74) is -0.147. The summed E-state index contributed by atoms with van der Waals surface area (Å²) in [4.78, 5) is 42.2. The molecule has 3 rings (SSSR count). The number of aromatic nitrogens is 1. The van der Waals surface area contributed by atoms with Crippen molar-refractivity contribution in [1.29, 1.82) is 0 Å². The van der Waals surface area contributed by atoms with Crippen molar-refractivity contribution in [2.45, 2.75) is 45.9 Å². The summed E-state index contributed by atoms with van der Waals surface area (Å²) < 4.78 is 46.2. The van der Waals surface area contributed by atoms with Crippen molar-refractivity contribution in [2.24, 2.45) is 0 Å². The van der Waals surface area contributed by atoms with Crippen molar-refractivity contribution in [3.05, 3.63) is 83.7 Å². The van der Waals surface area contributed by atoms with E-state index in [4.69, 9.17) is 4.74 Å². The Morgan fingerprint density at radius 2 is 1.64 bits per heavy atom. The number of amides is 2. The molecule has 0 saturated carbocycles. The molecule has 204 valence electrons. The number of hydrogen-bond donors (Lipinski definition) is 2. The van der Waals surface area contributed by atoms with Gasteiger partial charge in [-0.3, -0.25) is 19.9 Å². The van der Waals surface area contributed by atoms with Crippen molar-refractivity contribution >= 4 is 35.2 Å². The minimum Gasteiger partial charge on any atom is -0.444 e. The SMILES string of the molecule is C=Cc1cc(NC(=O)OC(C)(C)C)c(NC(=O)CC(=O)c2cccc(-c3ccnc(C)c3)c2)cc1C(F)(F)F.